The van der Waals surface area contributed by atoms with Gasteiger partial charge in [-0.3, -0.25) is 14.4 Å². The summed E-state index contributed by atoms with van der Waals surface area (Å²) in [6, 6.07) is 15.9. The van der Waals surface area contributed by atoms with Crippen molar-refractivity contribution in [3.8, 4) is 11.1 Å². The van der Waals surface area contributed by atoms with Crippen molar-refractivity contribution < 1.29 is 19.5 Å². The maximum Gasteiger partial charge on any atom is 0.303 e. The Morgan fingerprint density at radius 3 is 2.14 bits per heavy atom. The zero-order valence-electron chi connectivity index (χ0n) is 16.1. The fourth-order valence-electron chi connectivity index (χ4n) is 4.52. The molecule has 6 nitrogen and oxygen atoms in total. The van der Waals surface area contributed by atoms with Gasteiger partial charge in [0.25, 0.3) is 0 Å². The predicted molar refractivity (Wildman–Crippen MR) is 108 cm³/mol. The second-order valence-electron chi connectivity index (χ2n) is 7.90. The van der Waals surface area contributed by atoms with Crippen LogP contribution in [-0.4, -0.2) is 28.4 Å². The molecule has 150 valence electrons. The Morgan fingerprint density at radius 1 is 1.00 bits per heavy atom. The molecule has 3 N–H and O–H groups in total. The highest BCUT2D eigenvalue weighted by atomic mass is 16.4. The van der Waals surface area contributed by atoms with Crippen LogP contribution in [0.4, 0.5) is 0 Å². The summed E-state index contributed by atoms with van der Waals surface area (Å²) < 4.78 is 0. The van der Waals surface area contributed by atoms with Crippen molar-refractivity contribution in [3.05, 3.63) is 59.7 Å². The maximum atomic E-state index is 12.8. The molecule has 0 spiro atoms. The molecule has 1 aliphatic heterocycles. The van der Waals surface area contributed by atoms with E-state index in [2.05, 4.69) is 22.8 Å². The third-order valence-electron chi connectivity index (χ3n) is 6.02. The van der Waals surface area contributed by atoms with Gasteiger partial charge in [-0.25, -0.2) is 0 Å². The van der Waals surface area contributed by atoms with Crippen molar-refractivity contribution in [2.45, 2.75) is 50.1 Å². The molecule has 1 heterocycles. The zero-order chi connectivity index (χ0) is 20.4. The molecule has 0 saturated carbocycles. The molecule has 0 bridgehead atoms. The number of amides is 2. The molecule has 2 aliphatic rings. The van der Waals surface area contributed by atoms with Crippen LogP contribution in [0, 0.1) is 0 Å². The van der Waals surface area contributed by atoms with E-state index in [1.165, 1.54) is 0 Å². The van der Waals surface area contributed by atoms with Crippen LogP contribution in [-0.2, 0) is 14.4 Å². The number of carbonyl (C=O) groups is 3. The summed E-state index contributed by atoms with van der Waals surface area (Å²) in [5, 5.41) is 15.1. The highest BCUT2D eigenvalue weighted by Crippen LogP contribution is 2.43. The lowest BCUT2D eigenvalue weighted by Crippen LogP contribution is -2.43. The molecule has 1 aliphatic carbocycles. The molecule has 2 amide bonds. The monoisotopic (exact) mass is 392 g/mol. The quantitative estimate of drug-likeness (QED) is 0.674. The van der Waals surface area contributed by atoms with E-state index in [1.54, 1.807) is 0 Å². The molecule has 0 radical (unpaired) electrons. The Balaban J connectivity index is 1.46. The van der Waals surface area contributed by atoms with Crippen LogP contribution in [0.3, 0.4) is 0 Å². The number of aliphatic carboxylic acids is 1. The van der Waals surface area contributed by atoms with Crippen LogP contribution in [0.2, 0.25) is 0 Å². The van der Waals surface area contributed by atoms with Crippen LogP contribution in [0.25, 0.3) is 11.1 Å². The maximum absolute atomic E-state index is 12.8. The standard InChI is InChI=1S/C23H24N2O4/c26-19(9-12-23(14-11-21(28)29)13-10-20(27)25-23)24-22-17-7-3-1-5-15(17)16-6-2-4-8-18(16)22/h1-8,22H,9-14H2,(H,24,26)(H,25,27)(H,28,29). The number of rotatable bonds is 7. The van der Waals surface area contributed by atoms with Gasteiger partial charge in [-0.15, -0.1) is 0 Å². The average molecular weight is 392 g/mol. The Morgan fingerprint density at radius 2 is 1.59 bits per heavy atom. The first-order valence-electron chi connectivity index (χ1n) is 9.98. The van der Waals surface area contributed by atoms with Crippen molar-refractivity contribution in [2.75, 3.05) is 0 Å². The van der Waals surface area contributed by atoms with Gasteiger partial charge < -0.3 is 15.7 Å². The summed E-state index contributed by atoms with van der Waals surface area (Å²) in [6.07, 6.45) is 1.95. The average Bonchev–Trinajstić information content (AvgIpc) is 3.24. The summed E-state index contributed by atoms with van der Waals surface area (Å²) in [4.78, 5) is 35.5. The van der Waals surface area contributed by atoms with Gasteiger partial charge in [0.05, 0.1) is 6.04 Å². The van der Waals surface area contributed by atoms with Crippen molar-refractivity contribution in [1.29, 1.82) is 0 Å². The van der Waals surface area contributed by atoms with E-state index >= 15 is 0 Å². The fraction of sp³-hybridized carbons (Fsp3) is 0.348. The molecule has 2 aromatic rings. The highest BCUT2D eigenvalue weighted by Gasteiger charge is 2.38. The lowest BCUT2D eigenvalue weighted by Gasteiger charge is -2.29. The van der Waals surface area contributed by atoms with Gasteiger partial charge in [0, 0.05) is 24.8 Å². The number of hydrogen-bond acceptors (Lipinski definition) is 3. The van der Waals surface area contributed by atoms with E-state index in [9.17, 15) is 14.4 Å². The van der Waals surface area contributed by atoms with Crippen molar-refractivity contribution >= 4 is 17.8 Å². The minimum atomic E-state index is -0.894. The number of carboxylic acid groups (broad SMARTS) is 1. The Labute approximate surface area is 169 Å². The minimum Gasteiger partial charge on any atom is -0.481 e. The molecule has 29 heavy (non-hydrogen) atoms. The first kappa shape index (κ1) is 19.2. The summed E-state index contributed by atoms with van der Waals surface area (Å²) >= 11 is 0. The van der Waals surface area contributed by atoms with E-state index in [0.29, 0.717) is 25.7 Å². The largest absolute Gasteiger partial charge is 0.481 e. The van der Waals surface area contributed by atoms with Crippen LogP contribution >= 0.6 is 0 Å². The molecule has 2 aromatic carbocycles. The topological polar surface area (TPSA) is 95.5 Å². The van der Waals surface area contributed by atoms with E-state index in [-0.39, 0.29) is 30.7 Å². The Hall–Kier alpha value is -3.15. The molecule has 1 fully saturated rings. The molecule has 6 heteroatoms. The summed E-state index contributed by atoms with van der Waals surface area (Å²) in [5.74, 6) is -1.07. The number of benzene rings is 2. The first-order valence-corrected chi connectivity index (χ1v) is 9.98. The van der Waals surface area contributed by atoms with Gasteiger partial charge in [0.2, 0.25) is 11.8 Å². The van der Waals surface area contributed by atoms with E-state index in [0.717, 1.165) is 22.3 Å². The predicted octanol–water partition coefficient (Wildman–Crippen LogP) is 3.17. The van der Waals surface area contributed by atoms with Gasteiger partial charge >= 0.3 is 5.97 Å². The van der Waals surface area contributed by atoms with E-state index < -0.39 is 11.5 Å². The molecule has 1 atom stereocenters. The number of hydrogen-bond donors (Lipinski definition) is 3. The minimum absolute atomic E-state index is 0.0225. The van der Waals surface area contributed by atoms with Crippen molar-refractivity contribution in [3.63, 3.8) is 0 Å². The summed E-state index contributed by atoms with van der Waals surface area (Å²) in [5.41, 5.74) is 3.83. The summed E-state index contributed by atoms with van der Waals surface area (Å²) in [7, 11) is 0. The molecule has 4 rings (SSSR count). The summed E-state index contributed by atoms with van der Waals surface area (Å²) in [6.45, 7) is 0. The van der Waals surface area contributed by atoms with Crippen LogP contribution in [0.1, 0.15) is 55.7 Å². The number of fused-ring (bicyclic) bond motifs is 3. The Kier molecular flexibility index (Phi) is 5.09. The van der Waals surface area contributed by atoms with E-state index in [1.807, 2.05) is 36.4 Å². The third kappa shape index (κ3) is 3.88. The number of carboxylic acids is 1. The normalized spacial score (nSPS) is 20.1. The van der Waals surface area contributed by atoms with Gasteiger partial charge in [-0.1, -0.05) is 48.5 Å². The molecular weight excluding hydrogens is 368 g/mol. The van der Waals surface area contributed by atoms with Gasteiger partial charge in [-0.05, 0) is 41.5 Å². The van der Waals surface area contributed by atoms with Gasteiger partial charge in [-0.2, -0.15) is 0 Å². The molecule has 1 unspecified atom stereocenters. The van der Waals surface area contributed by atoms with Gasteiger partial charge in [0.1, 0.15) is 0 Å². The Bertz CT molecular complexity index is 925. The second kappa shape index (κ2) is 7.70. The number of carbonyl (C=O) groups excluding carboxylic acids is 2. The fourth-order valence-corrected chi connectivity index (χ4v) is 4.52. The zero-order valence-corrected chi connectivity index (χ0v) is 16.1. The highest BCUT2D eigenvalue weighted by molar-refractivity contribution is 5.84. The van der Waals surface area contributed by atoms with E-state index in [4.69, 9.17) is 5.11 Å². The van der Waals surface area contributed by atoms with Gasteiger partial charge in [0.15, 0.2) is 0 Å². The lowest BCUT2D eigenvalue weighted by atomic mass is 9.86. The van der Waals surface area contributed by atoms with Crippen molar-refractivity contribution in [1.82, 2.24) is 10.6 Å². The second-order valence-corrected chi connectivity index (χ2v) is 7.90. The van der Waals surface area contributed by atoms with Crippen LogP contribution in [0.15, 0.2) is 48.5 Å². The van der Waals surface area contributed by atoms with Crippen LogP contribution in [0.5, 0.6) is 0 Å². The third-order valence-corrected chi connectivity index (χ3v) is 6.02. The number of nitrogens with one attached hydrogen (secondary N) is 2. The smallest absolute Gasteiger partial charge is 0.303 e. The first-order chi connectivity index (χ1) is 14.0. The molecule has 0 aromatic heterocycles. The molecule has 1 saturated heterocycles. The van der Waals surface area contributed by atoms with Crippen LogP contribution < -0.4 is 10.6 Å². The SMILES string of the molecule is O=C(O)CCC1(CCC(=O)NC2c3ccccc3-c3ccccc32)CCC(=O)N1. The lowest BCUT2D eigenvalue weighted by molar-refractivity contribution is -0.137. The molecular formula is C23H24N2O4. The van der Waals surface area contributed by atoms with Crippen molar-refractivity contribution in [2.24, 2.45) is 0 Å².